The number of rotatable bonds is 4. The summed E-state index contributed by atoms with van der Waals surface area (Å²) in [6, 6.07) is 14.6. The molecular weight excluding hydrogens is 508 g/mol. The summed E-state index contributed by atoms with van der Waals surface area (Å²) < 4.78 is 0. The zero-order valence-electron chi connectivity index (χ0n) is 28.4. The van der Waals surface area contributed by atoms with Gasteiger partial charge in [0.25, 0.3) is 0 Å². The quantitative estimate of drug-likeness (QED) is 0.384. The van der Waals surface area contributed by atoms with Crippen molar-refractivity contribution >= 4 is 0 Å². The van der Waals surface area contributed by atoms with Gasteiger partial charge in [0.1, 0.15) is 0 Å². The molecule has 2 aromatic rings. The minimum atomic E-state index is 0.335. The van der Waals surface area contributed by atoms with Crippen LogP contribution in [0.25, 0.3) is 0 Å². The lowest BCUT2D eigenvalue weighted by Crippen LogP contribution is -2.51. The fraction of sp³-hybridized carbons (Fsp3) is 0.700. The van der Waals surface area contributed by atoms with Gasteiger partial charge in [-0.3, -0.25) is 0 Å². The molecule has 0 aromatic heterocycles. The number of hydrogen-bond donors (Lipinski definition) is 2. The van der Waals surface area contributed by atoms with E-state index in [-0.39, 0.29) is 0 Å². The molecule has 6 rings (SSSR count). The minimum Gasteiger partial charge on any atom is -0.330 e. The molecule has 6 atom stereocenters. The molecule has 0 spiro atoms. The molecule has 2 nitrogen and oxygen atoms in total. The molecule has 2 fully saturated rings. The summed E-state index contributed by atoms with van der Waals surface area (Å²) in [6.45, 7) is 20.7. The first-order valence-corrected chi connectivity index (χ1v) is 17.5. The first-order valence-electron chi connectivity index (χ1n) is 17.5. The Bertz CT molecular complexity index is 1160. The number of hydrogen-bond acceptors (Lipinski definition) is 2. The minimum absolute atomic E-state index is 0.335. The molecule has 4 unspecified atom stereocenters. The highest BCUT2D eigenvalue weighted by Crippen LogP contribution is 2.58. The van der Waals surface area contributed by atoms with Gasteiger partial charge in [-0.05, 0) is 143 Å². The fourth-order valence-corrected chi connectivity index (χ4v) is 10.5. The van der Waals surface area contributed by atoms with E-state index in [9.17, 15) is 0 Å². The first kappa shape index (κ1) is 31.8. The van der Waals surface area contributed by atoms with Crippen LogP contribution in [0.4, 0.5) is 0 Å². The Balaban J connectivity index is 0.000000168. The second-order valence-electron chi connectivity index (χ2n) is 16.6. The van der Waals surface area contributed by atoms with Gasteiger partial charge in [-0.1, -0.05) is 105 Å². The van der Waals surface area contributed by atoms with Crippen LogP contribution in [-0.2, 0) is 23.7 Å². The van der Waals surface area contributed by atoms with E-state index in [0.717, 1.165) is 24.9 Å². The largest absolute Gasteiger partial charge is 0.330 e. The lowest BCUT2D eigenvalue weighted by Gasteiger charge is -2.55. The normalized spacial score (nSPS) is 35.4. The van der Waals surface area contributed by atoms with Crippen molar-refractivity contribution in [2.24, 2.45) is 34.1 Å². The zero-order valence-corrected chi connectivity index (χ0v) is 28.4. The van der Waals surface area contributed by atoms with Crippen molar-refractivity contribution in [3.8, 4) is 0 Å². The molecule has 2 saturated carbocycles. The van der Waals surface area contributed by atoms with Crippen molar-refractivity contribution in [3.05, 3.63) is 69.8 Å². The SMILES string of the molecule is CC(C)c1ccc2c(c1)CCC1C(C)(CN)CCCC21C.CC(C)c1ccc2c(c1)CCC1[C@](C)(CN)CCC[C@]21C. The molecule has 0 heterocycles. The molecule has 2 heteroatoms. The summed E-state index contributed by atoms with van der Waals surface area (Å²) in [5, 5.41) is 0. The maximum atomic E-state index is 6.19. The Hall–Kier alpha value is -1.64. The molecule has 0 aliphatic heterocycles. The van der Waals surface area contributed by atoms with Gasteiger partial charge in [-0.15, -0.1) is 0 Å². The van der Waals surface area contributed by atoms with Gasteiger partial charge in [-0.25, -0.2) is 0 Å². The van der Waals surface area contributed by atoms with E-state index in [2.05, 4.69) is 91.8 Å². The Morgan fingerprint density at radius 3 is 1.33 bits per heavy atom. The maximum Gasteiger partial charge on any atom is -0.00202 e. The molecule has 2 aromatic carbocycles. The van der Waals surface area contributed by atoms with Crippen molar-refractivity contribution in [2.45, 2.75) is 142 Å². The second-order valence-corrected chi connectivity index (χ2v) is 16.6. The molecule has 4 aliphatic rings. The van der Waals surface area contributed by atoms with Crippen molar-refractivity contribution in [1.82, 2.24) is 0 Å². The first-order chi connectivity index (χ1) is 19.8. The van der Waals surface area contributed by atoms with Crippen molar-refractivity contribution in [3.63, 3.8) is 0 Å². The van der Waals surface area contributed by atoms with E-state index in [0.29, 0.717) is 33.5 Å². The second kappa shape index (κ2) is 11.7. The van der Waals surface area contributed by atoms with Crippen LogP contribution < -0.4 is 11.5 Å². The van der Waals surface area contributed by atoms with E-state index < -0.39 is 0 Å². The molecule has 0 amide bonds. The summed E-state index contributed by atoms with van der Waals surface area (Å²) in [5.74, 6) is 2.75. The summed E-state index contributed by atoms with van der Waals surface area (Å²) >= 11 is 0. The van der Waals surface area contributed by atoms with Gasteiger partial charge in [0.05, 0.1) is 0 Å². The third-order valence-electron chi connectivity index (χ3n) is 13.3. The number of aryl methyl sites for hydroxylation is 2. The van der Waals surface area contributed by atoms with Gasteiger partial charge >= 0.3 is 0 Å². The maximum absolute atomic E-state index is 6.19. The van der Waals surface area contributed by atoms with Crippen molar-refractivity contribution < 1.29 is 0 Å². The predicted octanol–water partition coefficient (Wildman–Crippen LogP) is 9.56. The molecule has 4 N–H and O–H groups in total. The van der Waals surface area contributed by atoms with Crippen molar-refractivity contribution in [1.29, 1.82) is 0 Å². The van der Waals surface area contributed by atoms with Crippen LogP contribution in [0.1, 0.15) is 152 Å². The molecule has 4 aliphatic carbocycles. The lowest BCUT2D eigenvalue weighted by molar-refractivity contribution is 0.0325. The summed E-state index contributed by atoms with van der Waals surface area (Å²) in [4.78, 5) is 0. The van der Waals surface area contributed by atoms with E-state index in [4.69, 9.17) is 11.5 Å². The van der Waals surface area contributed by atoms with E-state index in [1.165, 1.54) is 75.3 Å². The highest BCUT2D eigenvalue weighted by atomic mass is 14.7. The van der Waals surface area contributed by atoms with Gasteiger partial charge < -0.3 is 11.5 Å². The average Bonchev–Trinajstić information content (AvgIpc) is 2.96. The van der Waals surface area contributed by atoms with Crippen LogP contribution in [-0.4, -0.2) is 13.1 Å². The summed E-state index contributed by atoms with van der Waals surface area (Å²) in [7, 11) is 0. The van der Waals surface area contributed by atoms with Gasteiger partial charge in [0.15, 0.2) is 0 Å². The molecule has 42 heavy (non-hydrogen) atoms. The summed E-state index contributed by atoms with van der Waals surface area (Å²) in [6.07, 6.45) is 13.1. The smallest absolute Gasteiger partial charge is 0.00202 e. The highest BCUT2D eigenvalue weighted by molar-refractivity contribution is 5.43. The van der Waals surface area contributed by atoms with Crippen molar-refractivity contribution in [2.75, 3.05) is 13.1 Å². The van der Waals surface area contributed by atoms with Gasteiger partial charge in [0, 0.05) is 0 Å². The standard InChI is InChI=1S/2C20H31N/c2*1-14(2)15-6-8-17-16(12-15)7-9-18-19(3,13-21)10-5-11-20(17,18)4/h2*6,8,12,14,18H,5,7,9-11,13,21H2,1-4H3/t18?,19-,20+;/m0./s1. The topological polar surface area (TPSA) is 52.0 Å². The molecule has 0 bridgehead atoms. The third-order valence-corrected chi connectivity index (χ3v) is 13.3. The zero-order chi connectivity index (χ0) is 30.5. The number of benzene rings is 2. The Morgan fingerprint density at radius 1 is 0.619 bits per heavy atom. The van der Waals surface area contributed by atoms with Gasteiger partial charge in [-0.2, -0.15) is 0 Å². The molecule has 232 valence electrons. The predicted molar refractivity (Wildman–Crippen MR) is 181 cm³/mol. The third kappa shape index (κ3) is 5.32. The molecule has 0 radical (unpaired) electrons. The Morgan fingerprint density at radius 2 is 1.00 bits per heavy atom. The van der Waals surface area contributed by atoms with E-state index in [1.807, 2.05) is 0 Å². The van der Waals surface area contributed by atoms with Crippen LogP contribution >= 0.6 is 0 Å². The highest BCUT2D eigenvalue weighted by Gasteiger charge is 2.52. The monoisotopic (exact) mass is 570 g/mol. The van der Waals surface area contributed by atoms with E-state index >= 15 is 0 Å². The van der Waals surface area contributed by atoms with Crippen LogP contribution in [0.3, 0.4) is 0 Å². The van der Waals surface area contributed by atoms with E-state index in [1.54, 1.807) is 22.3 Å². The lowest BCUT2D eigenvalue weighted by atomic mass is 9.50. The van der Waals surface area contributed by atoms with Crippen LogP contribution in [0.5, 0.6) is 0 Å². The number of nitrogens with two attached hydrogens (primary N) is 2. The van der Waals surface area contributed by atoms with Gasteiger partial charge in [0.2, 0.25) is 0 Å². The molecule has 0 saturated heterocycles. The fourth-order valence-electron chi connectivity index (χ4n) is 10.5. The number of fused-ring (bicyclic) bond motifs is 6. The molecular formula is C40H62N2. The Kier molecular flexibility index (Phi) is 8.85. The summed E-state index contributed by atoms with van der Waals surface area (Å²) in [5.41, 5.74) is 23.2. The van der Waals surface area contributed by atoms with Crippen LogP contribution in [0.15, 0.2) is 36.4 Å². The van der Waals surface area contributed by atoms with Crippen LogP contribution in [0.2, 0.25) is 0 Å². The average molecular weight is 571 g/mol. The van der Waals surface area contributed by atoms with Crippen LogP contribution in [0, 0.1) is 22.7 Å². The Labute approximate surface area is 258 Å².